The summed E-state index contributed by atoms with van der Waals surface area (Å²) in [6.07, 6.45) is 0.807. The van der Waals surface area contributed by atoms with Gasteiger partial charge >= 0.3 is 0 Å². The number of rotatable bonds is 4. The van der Waals surface area contributed by atoms with E-state index < -0.39 is 0 Å². The van der Waals surface area contributed by atoms with Crippen molar-refractivity contribution in [1.29, 1.82) is 0 Å². The quantitative estimate of drug-likeness (QED) is 0.866. The van der Waals surface area contributed by atoms with E-state index in [4.69, 9.17) is 0 Å². The van der Waals surface area contributed by atoms with Crippen LogP contribution in [0.25, 0.3) is 0 Å². The Labute approximate surface area is 108 Å². The Morgan fingerprint density at radius 1 is 1.22 bits per heavy atom. The average molecular weight is 242 g/mol. The van der Waals surface area contributed by atoms with Gasteiger partial charge in [-0.25, -0.2) is 0 Å². The van der Waals surface area contributed by atoms with Gasteiger partial charge in [0.2, 0.25) is 0 Å². The van der Waals surface area contributed by atoms with E-state index in [0.29, 0.717) is 5.75 Å². The summed E-state index contributed by atoms with van der Waals surface area (Å²) in [6.45, 7) is 1.99. The highest BCUT2D eigenvalue weighted by molar-refractivity contribution is 5.28. The molecule has 2 aromatic rings. The van der Waals surface area contributed by atoms with Crippen LogP contribution in [0.15, 0.2) is 42.5 Å². The largest absolute Gasteiger partial charge is 0.508 e. The van der Waals surface area contributed by atoms with E-state index in [1.54, 1.807) is 12.1 Å². The van der Waals surface area contributed by atoms with Crippen LogP contribution in [0.2, 0.25) is 0 Å². The molecule has 0 fully saturated rings. The summed E-state index contributed by atoms with van der Waals surface area (Å²) >= 11 is 0. The summed E-state index contributed by atoms with van der Waals surface area (Å²) in [5.74, 6) is 0.305. The maximum absolute atomic E-state index is 9.48. The predicted molar refractivity (Wildman–Crippen MR) is 72.6 cm³/mol. The third-order valence-electron chi connectivity index (χ3n) is 2.97. The van der Waals surface area contributed by atoms with Gasteiger partial charge in [-0.05, 0) is 50.2 Å². The molecule has 1 aromatic heterocycles. The fourth-order valence-corrected chi connectivity index (χ4v) is 2.03. The van der Waals surface area contributed by atoms with E-state index in [1.165, 1.54) is 0 Å². The van der Waals surface area contributed by atoms with Crippen molar-refractivity contribution in [3.05, 3.63) is 59.4 Å². The molecule has 0 saturated heterocycles. The van der Waals surface area contributed by atoms with Crippen molar-refractivity contribution in [1.82, 2.24) is 10.3 Å². The van der Waals surface area contributed by atoms with Gasteiger partial charge in [0, 0.05) is 5.69 Å². The average Bonchev–Trinajstić information content (AvgIpc) is 2.36. The molecule has 18 heavy (non-hydrogen) atoms. The fraction of sp³-hybridized carbons (Fsp3) is 0.267. The number of phenols is 1. The molecule has 1 atom stereocenters. The SMILES string of the molecule is CNC(Cc1cccc(O)c1)c1cccc(C)n1. The third-order valence-corrected chi connectivity index (χ3v) is 2.97. The van der Waals surface area contributed by atoms with Gasteiger partial charge in [0.25, 0.3) is 0 Å². The van der Waals surface area contributed by atoms with Crippen molar-refractivity contribution in [2.24, 2.45) is 0 Å². The smallest absolute Gasteiger partial charge is 0.115 e. The van der Waals surface area contributed by atoms with Crippen molar-refractivity contribution >= 4 is 0 Å². The molecule has 3 nitrogen and oxygen atoms in total. The molecule has 0 saturated carbocycles. The van der Waals surface area contributed by atoms with Crippen LogP contribution in [-0.4, -0.2) is 17.1 Å². The lowest BCUT2D eigenvalue weighted by Gasteiger charge is -2.16. The number of hydrogen-bond acceptors (Lipinski definition) is 3. The van der Waals surface area contributed by atoms with Crippen LogP contribution in [0, 0.1) is 6.92 Å². The van der Waals surface area contributed by atoms with Crippen molar-refractivity contribution in [2.75, 3.05) is 7.05 Å². The number of hydrogen-bond donors (Lipinski definition) is 2. The summed E-state index contributed by atoms with van der Waals surface area (Å²) in [5.41, 5.74) is 3.14. The first-order chi connectivity index (χ1) is 8.69. The van der Waals surface area contributed by atoms with Gasteiger partial charge in [0.1, 0.15) is 5.75 Å². The highest BCUT2D eigenvalue weighted by Gasteiger charge is 2.11. The molecule has 1 aromatic carbocycles. The number of pyridine rings is 1. The molecule has 0 aliphatic rings. The third kappa shape index (κ3) is 3.08. The highest BCUT2D eigenvalue weighted by Crippen LogP contribution is 2.19. The molecule has 0 aliphatic heterocycles. The number of nitrogens with zero attached hydrogens (tertiary/aromatic N) is 1. The fourth-order valence-electron chi connectivity index (χ4n) is 2.03. The van der Waals surface area contributed by atoms with E-state index in [1.807, 2.05) is 44.3 Å². The number of likely N-dealkylation sites (N-methyl/N-ethyl adjacent to an activating group) is 1. The van der Waals surface area contributed by atoms with Gasteiger partial charge in [-0.3, -0.25) is 4.98 Å². The Hall–Kier alpha value is -1.87. The molecule has 0 radical (unpaired) electrons. The standard InChI is InChI=1S/C15H18N2O/c1-11-5-3-8-14(17-11)15(16-2)10-12-6-4-7-13(18)9-12/h3-9,15-16,18H,10H2,1-2H3. The molecule has 0 spiro atoms. The number of aromatic nitrogens is 1. The van der Waals surface area contributed by atoms with E-state index in [-0.39, 0.29) is 6.04 Å². The molecule has 0 aliphatic carbocycles. The molecule has 3 heteroatoms. The Kier molecular flexibility index (Phi) is 3.95. The summed E-state index contributed by atoms with van der Waals surface area (Å²) in [5, 5.41) is 12.7. The lowest BCUT2D eigenvalue weighted by Crippen LogP contribution is -2.20. The molecular formula is C15H18N2O. The number of benzene rings is 1. The normalized spacial score (nSPS) is 12.3. The van der Waals surface area contributed by atoms with Crippen LogP contribution >= 0.6 is 0 Å². The number of nitrogens with one attached hydrogen (secondary N) is 1. The van der Waals surface area contributed by atoms with Gasteiger partial charge in [-0.2, -0.15) is 0 Å². The van der Waals surface area contributed by atoms with Crippen molar-refractivity contribution in [3.63, 3.8) is 0 Å². The van der Waals surface area contributed by atoms with E-state index >= 15 is 0 Å². The highest BCUT2D eigenvalue weighted by atomic mass is 16.3. The van der Waals surface area contributed by atoms with Gasteiger partial charge in [0.15, 0.2) is 0 Å². The van der Waals surface area contributed by atoms with Crippen molar-refractivity contribution in [2.45, 2.75) is 19.4 Å². The minimum absolute atomic E-state index is 0.159. The first kappa shape index (κ1) is 12.6. The number of aromatic hydroxyl groups is 1. The minimum Gasteiger partial charge on any atom is -0.508 e. The topological polar surface area (TPSA) is 45.1 Å². The summed E-state index contributed by atoms with van der Waals surface area (Å²) < 4.78 is 0. The zero-order valence-electron chi connectivity index (χ0n) is 10.7. The molecule has 2 N–H and O–H groups in total. The molecule has 0 amide bonds. The monoisotopic (exact) mass is 242 g/mol. The van der Waals surface area contributed by atoms with Crippen LogP contribution < -0.4 is 5.32 Å². The van der Waals surface area contributed by atoms with Gasteiger partial charge < -0.3 is 10.4 Å². The van der Waals surface area contributed by atoms with Crippen molar-refractivity contribution < 1.29 is 5.11 Å². The maximum atomic E-state index is 9.48. The van der Waals surface area contributed by atoms with E-state index in [0.717, 1.165) is 23.4 Å². The molecule has 0 bridgehead atoms. The van der Waals surface area contributed by atoms with Gasteiger partial charge in [0.05, 0.1) is 11.7 Å². The zero-order valence-corrected chi connectivity index (χ0v) is 10.7. The van der Waals surface area contributed by atoms with E-state index in [9.17, 15) is 5.11 Å². The second-order valence-corrected chi connectivity index (χ2v) is 4.42. The molecular weight excluding hydrogens is 224 g/mol. The molecule has 1 unspecified atom stereocenters. The Morgan fingerprint density at radius 3 is 2.67 bits per heavy atom. The molecule has 1 heterocycles. The number of phenolic OH excluding ortho intramolecular Hbond substituents is 1. The Bertz CT molecular complexity index is 525. The Balaban J connectivity index is 2.19. The first-order valence-electron chi connectivity index (χ1n) is 6.08. The van der Waals surface area contributed by atoms with Crippen LogP contribution in [0.3, 0.4) is 0 Å². The predicted octanol–water partition coefficient (Wildman–Crippen LogP) is 2.60. The lowest BCUT2D eigenvalue weighted by molar-refractivity contribution is 0.473. The van der Waals surface area contributed by atoms with Crippen LogP contribution in [0.1, 0.15) is 23.0 Å². The summed E-state index contributed by atoms with van der Waals surface area (Å²) in [4.78, 5) is 4.54. The van der Waals surface area contributed by atoms with Crippen LogP contribution in [0.5, 0.6) is 5.75 Å². The van der Waals surface area contributed by atoms with Gasteiger partial charge in [-0.15, -0.1) is 0 Å². The Morgan fingerprint density at radius 2 is 2.00 bits per heavy atom. The van der Waals surface area contributed by atoms with Crippen LogP contribution in [-0.2, 0) is 6.42 Å². The van der Waals surface area contributed by atoms with E-state index in [2.05, 4.69) is 10.3 Å². The summed E-state index contributed by atoms with van der Waals surface area (Å²) in [7, 11) is 1.93. The minimum atomic E-state index is 0.159. The second-order valence-electron chi connectivity index (χ2n) is 4.42. The van der Waals surface area contributed by atoms with Gasteiger partial charge in [-0.1, -0.05) is 18.2 Å². The second kappa shape index (κ2) is 5.65. The molecule has 2 rings (SSSR count). The van der Waals surface area contributed by atoms with Crippen molar-refractivity contribution in [3.8, 4) is 5.75 Å². The zero-order chi connectivity index (χ0) is 13.0. The lowest BCUT2D eigenvalue weighted by atomic mass is 10.0. The summed E-state index contributed by atoms with van der Waals surface area (Å²) in [6, 6.07) is 13.5. The molecule has 94 valence electrons. The maximum Gasteiger partial charge on any atom is 0.115 e. The number of aryl methyl sites for hydroxylation is 1. The van der Waals surface area contributed by atoms with Crippen LogP contribution in [0.4, 0.5) is 0 Å². The first-order valence-corrected chi connectivity index (χ1v) is 6.08.